The van der Waals surface area contributed by atoms with Gasteiger partial charge < -0.3 is 23.7 Å². The molecule has 9 heteroatoms. The molecule has 2 aromatic carbocycles. The average Bonchev–Trinajstić information content (AvgIpc) is 3.49. The van der Waals surface area contributed by atoms with E-state index in [4.69, 9.17) is 18.4 Å². The fraction of sp³-hybridized carbons (Fsp3) is 0.174. The summed E-state index contributed by atoms with van der Waals surface area (Å²) in [5.41, 5.74) is 1.45. The number of nitrogens with zero attached hydrogens (tertiary/aromatic N) is 2. The molecule has 32 heavy (non-hydrogen) atoms. The van der Waals surface area contributed by atoms with E-state index in [1.54, 1.807) is 44.6 Å². The molecule has 4 rings (SSSR count). The number of furan rings is 1. The van der Waals surface area contributed by atoms with E-state index in [1.807, 2.05) is 30.3 Å². The first-order valence-electron chi connectivity index (χ1n) is 9.74. The molecule has 0 aliphatic rings. The predicted octanol–water partition coefficient (Wildman–Crippen LogP) is 4.89. The van der Waals surface area contributed by atoms with E-state index in [2.05, 4.69) is 15.5 Å². The Morgan fingerprint density at radius 3 is 2.62 bits per heavy atom. The Morgan fingerprint density at radius 1 is 1.03 bits per heavy atom. The highest BCUT2D eigenvalue weighted by Crippen LogP contribution is 2.30. The van der Waals surface area contributed by atoms with Crippen LogP contribution in [0, 0.1) is 0 Å². The van der Waals surface area contributed by atoms with Gasteiger partial charge in [0.1, 0.15) is 17.3 Å². The number of amides is 1. The van der Waals surface area contributed by atoms with Crippen molar-refractivity contribution in [2.75, 3.05) is 25.3 Å². The van der Waals surface area contributed by atoms with Crippen LogP contribution in [-0.2, 0) is 10.5 Å². The van der Waals surface area contributed by atoms with Crippen LogP contribution in [0.25, 0.3) is 23.0 Å². The molecule has 0 aliphatic heterocycles. The predicted molar refractivity (Wildman–Crippen MR) is 122 cm³/mol. The molecule has 0 spiro atoms. The Morgan fingerprint density at radius 2 is 1.84 bits per heavy atom. The Kier molecular flexibility index (Phi) is 6.76. The first-order valence-corrected chi connectivity index (χ1v) is 10.9. The van der Waals surface area contributed by atoms with Gasteiger partial charge in [-0.1, -0.05) is 17.3 Å². The van der Waals surface area contributed by atoms with E-state index in [1.165, 1.54) is 11.8 Å². The van der Waals surface area contributed by atoms with Crippen LogP contribution in [0.5, 0.6) is 11.5 Å². The summed E-state index contributed by atoms with van der Waals surface area (Å²) >= 11 is 1.44. The average molecular weight is 452 g/mol. The number of thioether (sulfide) groups is 1. The summed E-state index contributed by atoms with van der Waals surface area (Å²) in [7, 11) is 3.19. The Hall–Kier alpha value is -3.72. The third-order valence-electron chi connectivity index (χ3n) is 4.50. The third kappa shape index (κ3) is 5.12. The van der Waals surface area contributed by atoms with Crippen LogP contribution in [0.2, 0.25) is 0 Å². The minimum atomic E-state index is -0.0923. The molecule has 0 saturated heterocycles. The molecule has 0 atom stereocenters. The molecule has 0 radical (unpaired) electrons. The monoisotopic (exact) mass is 451 g/mol. The fourth-order valence-corrected chi connectivity index (χ4v) is 3.66. The zero-order valence-corrected chi connectivity index (χ0v) is 18.3. The van der Waals surface area contributed by atoms with Crippen molar-refractivity contribution in [2.45, 2.75) is 5.75 Å². The number of hydrogen-bond donors (Lipinski definition) is 1. The summed E-state index contributed by atoms with van der Waals surface area (Å²) < 4.78 is 21.6. The maximum Gasteiger partial charge on any atom is 0.293 e. The van der Waals surface area contributed by atoms with Gasteiger partial charge in [0, 0.05) is 5.69 Å². The molecule has 0 fully saturated rings. The summed E-state index contributed by atoms with van der Waals surface area (Å²) in [6.45, 7) is 0. The summed E-state index contributed by atoms with van der Waals surface area (Å²) in [6, 6.07) is 18.2. The van der Waals surface area contributed by atoms with Gasteiger partial charge in [0.25, 0.3) is 5.89 Å². The van der Waals surface area contributed by atoms with Crippen LogP contribution in [-0.4, -0.2) is 36.0 Å². The van der Waals surface area contributed by atoms with Crippen molar-refractivity contribution in [1.82, 2.24) is 10.1 Å². The lowest BCUT2D eigenvalue weighted by Crippen LogP contribution is -2.14. The fourth-order valence-electron chi connectivity index (χ4n) is 2.95. The second kappa shape index (κ2) is 10.1. The largest absolute Gasteiger partial charge is 0.497 e. The number of ether oxygens (including phenoxy) is 2. The van der Waals surface area contributed by atoms with E-state index in [0.29, 0.717) is 34.6 Å². The van der Waals surface area contributed by atoms with E-state index in [0.717, 1.165) is 17.0 Å². The molecule has 164 valence electrons. The van der Waals surface area contributed by atoms with E-state index in [-0.39, 0.29) is 11.8 Å². The quantitative estimate of drug-likeness (QED) is 0.384. The smallest absolute Gasteiger partial charge is 0.293 e. The summed E-state index contributed by atoms with van der Waals surface area (Å²) in [5.74, 6) is 4.00. The number of methoxy groups -OCH3 is 2. The summed E-state index contributed by atoms with van der Waals surface area (Å²) in [5, 5.41) is 6.87. The lowest BCUT2D eigenvalue weighted by Gasteiger charge is -2.05. The molecule has 0 bridgehead atoms. The number of para-hydroxylation sites is 1. The Labute approximate surface area is 188 Å². The molecule has 4 aromatic rings. The van der Waals surface area contributed by atoms with Crippen molar-refractivity contribution in [3.05, 3.63) is 66.4 Å². The molecule has 2 heterocycles. The highest BCUT2D eigenvalue weighted by Gasteiger charge is 2.17. The highest BCUT2D eigenvalue weighted by atomic mass is 32.2. The number of benzene rings is 2. The number of anilines is 1. The molecule has 8 nitrogen and oxygen atoms in total. The van der Waals surface area contributed by atoms with Gasteiger partial charge >= 0.3 is 0 Å². The number of aromatic nitrogens is 2. The topological polar surface area (TPSA) is 99.6 Å². The molecular formula is C23H21N3O5S. The molecule has 0 unspecified atom stereocenters. The number of rotatable bonds is 9. The maximum absolute atomic E-state index is 12.1. The van der Waals surface area contributed by atoms with Crippen molar-refractivity contribution < 1.29 is 23.2 Å². The van der Waals surface area contributed by atoms with Gasteiger partial charge in [-0.3, -0.25) is 4.79 Å². The number of carbonyl (C=O) groups excluding carboxylic acids is 1. The minimum absolute atomic E-state index is 0.0923. The molecular weight excluding hydrogens is 430 g/mol. The van der Waals surface area contributed by atoms with E-state index >= 15 is 0 Å². The SMILES string of the molecule is COc1ccc(NC(=O)CSCc2ccc(-c3nc(-c4ccccc4OC)no3)o2)cc1. The lowest BCUT2D eigenvalue weighted by atomic mass is 10.2. The summed E-state index contributed by atoms with van der Waals surface area (Å²) in [4.78, 5) is 16.5. The number of carbonyl (C=O) groups is 1. The van der Waals surface area contributed by atoms with Crippen LogP contribution in [0.15, 0.2) is 69.6 Å². The van der Waals surface area contributed by atoms with E-state index in [9.17, 15) is 4.79 Å². The highest BCUT2D eigenvalue weighted by molar-refractivity contribution is 7.99. The van der Waals surface area contributed by atoms with Gasteiger partial charge in [0.05, 0.1) is 31.3 Å². The maximum atomic E-state index is 12.1. The van der Waals surface area contributed by atoms with Gasteiger partial charge in [-0.2, -0.15) is 4.98 Å². The van der Waals surface area contributed by atoms with Crippen LogP contribution < -0.4 is 14.8 Å². The van der Waals surface area contributed by atoms with Gasteiger partial charge in [-0.15, -0.1) is 11.8 Å². The third-order valence-corrected chi connectivity index (χ3v) is 5.45. The van der Waals surface area contributed by atoms with E-state index < -0.39 is 0 Å². The van der Waals surface area contributed by atoms with Gasteiger partial charge in [-0.25, -0.2) is 0 Å². The minimum Gasteiger partial charge on any atom is -0.497 e. The zero-order chi connectivity index (χ0) is 22.3. The second-order valence-corrected chi connectivity index (χ2v) is 7.64. The van der Waals surface area contributed by atoms with Crippen molar-refractivity contribution in [2.24, 2.45) is 0 Å². The molecule has 1 amide bonds. The van der Waals surface area contributed by atoms with Crippen molar-refractivity contribution in [3.8, 4) is 34.5 Å². The first-order chi connectivity index (χ1) is 15.7. The van der Waals surface area contributed by atoms with Crippen LogP contribution in [0.3, 0.4) is 0 Å². The lowest BCUT2D eigenvalue weighted by molar-refractivity contribution is -0.113. The number of hydrogen-bond acceptors (Lipinski definition) is 8. The standard InChI is InChI=1S/C23H21N3O5S/c1-28-16-9-7-15(8-10-16)24-21(27)14-32-13-17-11-12-20(30-17)23-25-22(26-31-23)18-5-3-4-6-19(18)29-2/h3-12H,13-14H2,1-2H3,(H,24,27). The molecule has 0 aliphatic carbocycles. The van der Waals surface area contributed by atoms with Crippen LogP contribution in [0.1, 0.15) is 5.76 Å². The second-order valence-electron chi connectivity index (χ2n) is 6.66. The molecule has 0 saturated carbocycles. The van der Waals surface area contributed by atoms with Crippen LogP contribution >= 0.6 is 11.8 Å². The van der Waals surface area contributed by atoms with Crippen molar-refractivity contribution in [3.63, 3.8) is 0 Å². The number of nitrogens with one attached hydrogen (secondary N) is 1. The van der Waals surface area contributed by atoms with Crippen molar-refractivity contribution >= 4 is 23.4 Å². The van der Waals surface area contributed by atoms with Gasteiger partial charge in [-0.05, 0) is 48.5 Å². The Bertz CT molecular complexity index is 1190. The first kappa shape index (κ1) is 21.5. The summed E-state index contributed by atoms with van der Waals surface area (Å²) in [6.07, 6.45) is 0. The molecule has 2 aromatic heterocycles. The van der Waals surface area contributed by atoms with Crippen molar-refractivity contribution in [1.29, 1.82) is 0 Å². The zero-order valence-electron chi connectivity index (χ0n) is 17.5. The van der Waals surface area contributed by atoms with Crippen LogP contribution in [0.4, 0.5) is 5.69 Å². The normalized spacial score (nSPS) is 10.7. The van der Waals surface area contributed by atoms with Gasteiger partial charge in [0.15, 0.2) is 5.76 Å². The molecule has 1 N–H and O–H groups in total. The Balaban J connectivity index is 1.31. The van der Waals surface area contributed by atoms with Gasteiger partial charge in [0.2, 0.25) is 11.7 Å².